The van der Waals surface area contributed by atoms with Gasteiger partial charge in [-0.05, 0) is 43.6 Å². The fourth-order valence-electron chi connectivity index (χ4n) is 2.51. The smallest absolute Gasteiger partial charge is 0.270 e. The number of fused-ring (bicyclic) bond motifs is 1. The van der Waals surface area contributed by atoms with E-state index in [4.69, 9.17) is 0 Å². The number of rotatable bonds is 3. The second-order valence-corrected chi connectivity index (χ2v) is 8.05. The van der Waals surface area contributed by atoms with Gasteiger partial charge in [-0.25, -0.2) is 8.42 Å². The van der Waals surface area contributed by atoms with Crippen molar-refractivity contribution >= 4 is 43.4 Å². The molecule has 8 nitrogen and oxygen atoms in total. The summed E-state index contributed by atoms with van der Waals surface area (Å²) >= 11 is 1.21. The van der Waals surface area contributed by atoms with Gasteiger partial charge in [0.2, 0.25) is 10.0 Å². The minimum atomic E-state index is -3.84. The predicted octanol–water partition coefficient (Wildman–Crippen LogP) is 1.65. The van der Waals surface area contributed by atoms with Gasteiger partial charge in [-0.15, -0.1) is 5.10 Å². The van der Waals surface area contributed by atoms with Crippen molar-refractivity contribution < 1.29 is 13.2 Å². The van der Waals surface area contributed by atoms with Gasteiger partial charge in [-0.1, -0.05) is 4.49 Å². The monoisotopic (exact) mass is 365 g/mol. The summed E-state index contributed by atoms with van der Waals surface area (Å²) in [5, 5.41) is 8.13. The lowest BCUT2D eigenvalue weighted by molar-refractivity contribution is 0.101. The van der Waals surface area contributed by atoms with Crippen LogP contribution in [0.3, 0.4) is 0 Å². The van der Waals surface area contributed by atoms with Crippen LogP contribution in [0.4, 0.5) is 5.69 Å². The zero-order valence-electron chi connectivity index (χ0n) is 13.5. The number of hydrogen-bond acceptors (Lipinski definition) is 7. The van der Waals surface area contributed by atoms with Crippen molar-refractivity contribution in [3.8, 4) is 0 Å². The molecule has 0 atom stereocenters. The summed E-state index contributed by atoms with van der Waals surface area (Å²) in [6.45, 7) is 3.38. The fourth-order valence-corrected chi connectivity index (χ4v) is 4.05. The summed E-state index contributed by atoms with van der Waals surface area (Å²) in [4.78, 5) is 12.9. The number of benzene rings is 1. The molecule has 2 heterocycles. The molecule has 0 aliphatic heterocycles. The normalized spacial score (nSPS) is 11.8. The number of amides is 1. The number of aryl methyl sites for hydroxylation is 2. The van der Waals surface area contributed by atoms with Crippen LogP contribution in [-0.4, -0.2) is 39.9 Å². The molecule has 0 fully saturated rings. The van der Waals surface area contributed by atoms with E-state index in [0.717, 1.165) is 15.3 Å². The average molecular weight is 365 g/mol. The van der Waals surface area contributed by atoms with E-state index in [9.17, 15) is 13.2 Å². The zero-order chi connectivity index (χ0) is 17.6. The Hall–Kier alpha value is -2.33. The Morgan fingerprint density at radius 2 is 2.00 bits per heavy atom. The minimum absolute atomic E-state index is 0.225. The van der Waals surface area contributed by atoms with E-state index in [1.54, 1.807) is 43.8 Å². The van der Waals surface area contributed by atoms with Crippen LogP contribution in [0.5, 0.6) is 0 Å². The standard InChI is InChI=1S/C14H15N5O3S2/c1-8-13(9(2)18(3)16-8)19(24(4,21)22)14(20)10-5-6-12-11(7-10)15-17-23-12/h5-7H,1-4H3. The molecule has 0 bridgehead atoms. The number of hydrogen-bond donors (Lipinski definition) is 0. The minimum Gasteiger partial charge on any atom is -0.270 e. The van der Waals surface area contributed by atoms with Gasteiger partial charge in [0.25, 0.3) is 5.91 Å². The van der Waals surface area contributed by atoms with E-state index in [1.165, 1.54) is 11.5 Å². The van der Waals surface area contributed by atoms with Crippen LogP contribution >= 0.6 is 11.5 Å². The van der Waals surface area contributed by atoms with Crippen LogP contribution in [0.25, 0.3) is 10.2 Å². The quantitative estimate of drug-likeness (QED) is 0.700. The summed E-state index contributed by atoms with van der Waals surface area (Å²) in [5.74, 6) is -0.647. The maximum atomic E-state index is 12.9. The van der Waals surface area contributed by atoms with Crippen molar-refractivity contribution in [2.45, 2.75) is 13.8 Å². The summed E-state index contributed by atoms with van der Waals surface area (Å²) in [7, 11) is -2.14. The van der Waals surface area contributed by atoms with Crippen LogP contribution in [0.15, 0.2) is 18.2 Å². The molecule has 1 amide bonds. The highest BCUT2D eigenvalue weighted by Gasteiger charge is 2.31. The van der Waals surface area contributed by atoms with Crippen LogP contribution in [0.2, 0.25) is 0 Å². The van der Waals surface area contributed by atoms with Gasteiger partial charge in [0.1, 0.15) is 11.2 Å². The van der Waals surface area contributed by atoms with Crippen molar-refractivity contribution in [2.24, 2.45) is 7.05 Å². The van der Waals surface area contributed by atoms with E-state index in [2.05, 4.69) is 14.7 Å². The van der Waals surface area contributed by atoms with Gasteiger partial charge in [-0.2, -0.15) is 9.40 Å². The van der Waals surface area contributed by atoms with E-state index in [0.29, 0.717) is 16.9 Å². The molecule has 10 heteroatoms. The van der Waals surface area contributed by atoms with Crippen LogP contribution in [0, 0.1) is 13.8 Å². The summed E-state index contributed by atoms with van der Waals surface area (Å²) < 4.78 is 31.6. The number of sulfonamides is 1. The Bertz CT molecular complexity index is 1050. The largest absolute Gasteiger partial charge is 0.272 e. The summed E-state index contributed by atoms with van der Waals surface area (Å²) in [6, 6.07) is 4.82. The molecule has 0 N–H and O–H groups in total. The molecule has 0 spiro atoms. The maximum Gasteiger partial charge on any atom is 0.272 e. The van der Waals surface area contributed by atoms with Crippen LogP contribution in [-0.2, 0) is 17.1 Å². The second-order valence-electron chi connectivity index (χ2n) is 5.43. The highest BCUT2D eigenvalue weighted by molar-refractivity contribution is 7.92. The molecule has 0 aliphatic carbocycles. The molecular formula is C14H15N5O3S2. The fraction of sp³-hybridized carbons (Fsp3) is 0.286. The molecule has 3 rings (SSSR count). The molecule has 126 valence electrons. The Labute approximate surface area is 142 Å². The van der Waals surface area contributed by atoms with E-state index >= 15 is 0 Å². The third-order valence-corrected chi connectivity index (χ3v) is 5.40. The number of nitrogens with zero attached hydrogens (tertiary/aromatic N) is 5. The van der Waals surface area contributed by atoms with Gasteiger partial charge < -0.3 is 0 Å². The van der Waals surface area contributed by atoms with Gasteiger partial charge in [0.05, 0.1) is 22.3 Å². The molecule has 0 radical (unpaired) electrons. The predicted molar refractivity (Wildman–Crippen MR) is 91.8 cm³/mol. The average Bonchev–Trinajstić information content (AvgIpc) is 3.05. The first kappa shape index (κ1) is 16.5. The first-order valence-corrected chi connectivity index (χ1v) is 9.59. The summed E-state index contributed by atoms with van der Waals surface area (Å²) in [6.07, 6.45) is 1.000. The molecular weight excluding hydrogens is 350 g/mol. The Morgan fingerprint density at radius 3 is 2.58 bits per heavy atom. The van der Waals surface area contributed by atoms with Crippen molar-refractivity contribution in [3.63, 3.8) is 0 Å². The van der Waals surface area contributed by atoms with Gasteiger partial charge in [0.15, 0.2) is 0 Å². The molecule has 0 saturated heterocycles. The number of carbonyl (C=O) groups excluding carboxylic acids is 1. The second kappa shape index (κ2) is 5.64. The Balaban J connectivity index is 2.17. The van der Waals surface area contributed by atoms with E-state index < -0.39 is 15.9 Å². The van der Waals surface area contributed by atoms with Crippen molar-refractivity contribution in [3.05, 3.63) is 35.2 Å². The first-order valence-electron chi connectivity index (χ1n) is 6.97. The number of anilines is 1. The molecule has 0 saturated carbocycles. The number of aromatic nitrogens is 4. The van der Waals surface area contributed by atoms with E-state index in [1.807, 2.05) is 0 Å². The topological polar surface area (TPSA) is 98.1 Å². The van der Waals surface area contributed by atoms with Crippen molar-refractivity contribution in [1.29, 1.82) is 0 Å². The van der Waals surface area contributed by atoms with Gasteiger partial charge in [0, 0.05) is 12.6 Å². The van der Waals surface area contributed by atoms with Crippen molar-refractivity contribution in [2.75, 3.05) is 10.6 Å². The summed E-state index contributed by atoms with van der Waals surface area (Å²) in [5.41, 5.74) is 2.11. The van der Waals surface area contributed by atoms with E-state index in [-0.39, 0.29) is 11.3 Å². The molecule has 0 unspecified atom stereocenters. The number of carbonyl (C=O) groups is 1. The molecule has 3 aromatic rings. The lowest BCUT2D eigenvalue weighted by Gasteiger charge is -2.20. The van der Waals surface area contributed by atoms with Gasteiger partial charge >= 0.3 is 0 Å². The highest BCUT2D eigenvalue weighted by Crippen LogP contribution is 2.28. The Kier molecular flexibility index (Phi) is 3.88. The third-order valence-electron chi connectivity index (χ3n) is 3.68. The zero-order valence-corrected chi connectivity index (χ0v) is 15.1. The molecule has 24 heavy (non-hydrogen) atoms. The lowest BCUT2D eigenvalue weighted by Crippen LogP contribution is -2.37. The Morgan fingerprint density at radius 1 is 1.29 bits per heavy atom. The van der Waals surface area contributed by atoms with Gasteiger partial charge in [-0.3, -0.25) is 9.48 Å². The van der Waals surface area contributed by atoms with Crippen LogP contribution in [0.1, 0.15) is 21.7 Å². The third kappa shape index (κ3) is 2.67. The molecule has 2 aromatic heterocycles. The highest BCUT2D eigenvalue weighted by atomic mass is 32.2. The lowest BCUT2D eigenvalue weighted by atomic mass is 10.2. The molecule has 0 aliphatic rings. The van der Waals surface area contributed by atoms with Crippen molar-refractivity contribution in [1.82, 2.24) is 19.4 Å². The maximum absolute atomic E-state index is 12.9. The SMILES string of the molecule is Cc1nn(C)c(C)c1N(C(=O)c1ccc2snnc2c1)S(C)(=O)=O. The van der Waals surface area contributed by atoms with Crippen LogP contribution < -0.4 is 4.31 Å². The molecule has 1 aromatic carbocycles. The first-order chi connectivity index (χ1) is 11.2.